The van der Waals surface area contributed by atoms with Gasteiger partial charge in [-0.2, -0.15) is 5.48 Å². The van der Waals surface area contributed by atoms with Crippen LogP contribution in [0.25, 0.3) is 0 Å². The van der Waals surface area contributed by atoms with Gasteiger partial charge in [0.1, 0.15) is 0 Å². The van der Waals surface area contributed by atoms with Gasteiger partial charge in [-0.15, -0.1) is 0 Å². The minimum absolute atomic E-state index is 0.405. The Morgan fingerprint density at radius 1 is 1.35 bits per heavy atom. The highest BCUT2D eigenvalue weighted by Gasteiger charge is 2.06. The van der Waals surface area contributed by atoms with Gasteiger partial charge in [-0.05, 0) is 18.9 Å². The summed E-state index contributed by atoms with van der Waals surface area (Å²) in [5.41, 5.74) is 8.02. The molecule has 1 rings (SSSR count). The zero-order valence-electron chi connectivity index (χ0n) is 9.47. The maximum atomic E-state index is 11.3. The normalized spacial score (nSPS) is 10.8. The average Bonchev–Trinajstić information content (AvgIpc) is 2.34. The molecule has 0 unspecified atom stereocenters. The molecular weight excluding hydrogens is 220 g/mol. The largest absolute Gasteiger partial charge is 0.358 e. The SMILES string of the molecule is CC(=CCc1ccccc1)C(=O)ONC(N)=O. The van der Waals surface area contributed by atoms with Gasteiger partial charge in [-0.1, -0.05) is 36.4 Å². The summed E-state index contributed by atoms with van der Waals surface area (Å²) in [6, 6.07) is 8.77. The first kappa shape index (κ1) is 12.8. The van der Waals surface area contributed by atoms with E-state index in [1.54, 1.807) is 18.5 Å². The second kappa shape index (κ2) is 6.32. The molecule has 0 fully saturated rings. The second-order valence-corrected chi connectivity index (χ2v) is 3.43. The number of hydrogen-bond acceptors (Lipinski definition) is 3. The predicted molar refractivity (Wildman–Crippen MR) is 62.7 cm³/mol. The maximum absolute atomic E-state index is 11.3. The highest BCUT2D eigenvalue weighted by Crippen LogP contribution is 2.03. The molecule has 0 saturated heterocycles. The molecule has 0 radical (unpaired) electrons. The monoisotopic (exact) mass is 234 g/mol. The molecule has 0 aromatic heterocycles. The molecule has 0 saturated carbocycles. The van der Waals surface area contributed by atoms with E-state index in [1.165, 1.54) is 0 Å². The Labute approximate surface area is 99.2 Å². The van der Waals surface area contributed by atoms with Crippen LogP contribution in [-0.2, 0) is 16.1 Å². The van der Waals surface area contributed by atoms with Gasteiger partial charge in [-0.3, -0.25) is 0 Å². The number of urea groups is 1. The van der Waals surface area contributed by atoms with Crippen LogP contribution in [0.1, 0.15) is 12.5 Å². The number of nitrogens with one attached hydrogen (secondary N) is 1. The van der Waals surface area contributed by atoms with E-state index in [0.29, 0.717) is 12.0 Å². The average molecular weight is 234 g/mol. The number of hydroxylamine groups is 1. The van der Waals surface area contributed by atoms with E-state index in [4.69, 9.17) is 5.73 Å². The lowest BCUT2D eigenvalue weighted by Gasteiger charge is -2.03. The van der Waals surface area contributed by atoms with E-state index >= 15 is 0 Å². The van der Waals surface area contributed by atoms with Gasteiger partial charge >= 0.3 is 12.0 Å². The summed E-state index contributed by atoms with van der Waals surface area (Å²) >= 11 is 0. The number of allylic oxidation sites excluding steroid dienone is 1. The summed E-state index contributed by atoms with van der Waals surface area (Å²) < 4.78 is 0. The third kappa shape index (κ3) is 4.83. The number of amides is 2. The van der Waals surface area contributed by atoms with Crippen molar-refractivity contribution < 1.29 is 14.4 Å². The van der Waals surface area contributed by atoms with Gasteiger partial charge in [0.25, 0.3) is 0 Å². The van der Waals surface area contributed by atoms with E-state index < -0.39 is 12.0 Å². The van der Waals surface area contributed by atoms with Crippen LogP contribution in [0.5, 0.6) is 0 Å². The van der Waals surface area contributed by atoms with Crippen LogP contribution in [0.4, 0.5) is 4.79 Å². The Morgan fingerprint density at radius 2 is 2.00 bits per heavy atom. The first-order valence-electron chi connectivity index (χ1n) is 5.07. The molecule has 2 amide bonds. The smallest absolute Gasteiger partial charge is 0.349 e. The molecule has 1 aromatic rings. The first-order chi connectivity index (χ1) is 8.09. The Balaban J connectivity index is 2.49. The van der Waals surface area contributed by atoms with Crippen molar-refractivity contribution in [2.45, 2.75) is 13.3 Å². The zero-order chi connectivity index (χ0) is 12.7. The number of hydrogen-bond donors (Lipinski definition) is 2. The van der Waals surface area contributed by atoms with Crippen LogP contribution < -0.4 is 11.2 Å². The summed E-state index contributed by atoms with van der Waals surface area (Å²) in [6.07, 6.45) is 2.35. The van der Waals surface area contributed by atoms with Crippen molar-refractivity contribution in [1.29, 1.82) is 0 Å². The quantitative estimate of drug-likeness (QED) is 0.611. The van der Waals surface area contributed by atoms with Crippen LogP contribution >= 0.6 is 0 Å². The number of rotatable bonds is 3. The molecule has 0 atom stereocenters. The van der Waals surface area contributed by atoms with E-state index in [9.17, 15) is 9.59 Å². The molecule has 0 bridgehead atoms. The van der Waals surface area contributed by atoms with Gasteiger partial charge in [-0.25, -0.2) is 9.59 Å². The number of carbonyl (C=O) groups excluding carboxylic acids is 2. The molecule has 3 N–H and O–H groups in total. The summed E-state index contributed by atoms with van der Waals surface area (Å²) in [4.78, 5) is 26.0. The van der Waals surface area contributed by atoms with Crippen molar-refractivity contribution in [3.8, 4) is 0 Å². The lowest BCUT2D eigenvalue weighted by Crippen LogP contribution is -2.32. The molecule has 0 aliphatic heterocycles. The predicted octanol–water partition coefficient (Wildman–Crippen LogP) is 1.30. The third-order valence-electron chi connectivity index (χ3n) is 2.05. The van der Waals surface area contributed by atoms with Crippen LogP contribution in [-0.4, -0.2) is 12.0 Å². The van der Waals surface area contributed by atoms with Crippen LogP contribution in [0.3, 0.4) is 0 Å². The highest BCUT2D eigenvalue weighted by atomic mass is 16.7. The minimum Gasteiger partial charge on any atom is -0.349 e. The molecule has 5 heteroatoms. The Morgan fingerprint density at radius 3 is 2.59 bits per heavy atom. The topological polar surface area (TPSA) is 81.4 Å². The number of benzene rings is 1. The molecule has 0 spiro atoms. The minimum atomic E-state index is -0.908. The van der Waals surface area contributed by atoms with Crippen molar-refractivity contribution in [3.05, 3.63) is 47.5 Å². The van der Waals surface area contributed by atoms with Gasteiger partial charge in [0.05, 0.1) is 0 Å². The van der Waals surface area contributed by atoms with Gasteiger partial charge in [0.15, 0.2) is 0 Å². The molecule has 0 aliphatic rings. The lowest BCUT2D eigenvalue weighted by molar-refractivity contribution is -0.143. The summed E-state index contributed by atoms with van der Waals surface area (Å²) in [5, 5.41) is 0. The van der Waals surface area contributed by atoms with Crippen molar-refractivity contribution >= 4 is 12.0 Å². The number of carbonyl (C=O) groups is 2. The molecule has 0 heterocycles. The van der Waals surface area contributed by atoms with Gasteiger partial charge < -0.3 is 10.6 Å². The standard InChI is InChI=1S/C12H14N2O3/c1-9(11(15)17-14-12(13)16)7-8-10-5-3-2-4-6-10/h2-7H,8H2,1H3,(H3,13,14,16). The summed E-state index contributed by atoms with van der Waals surface area (Å²) in [5.74, 6) is -0.625. The molecule has 90 valence electrons. The fraction of sp³-hybridized carbons (Fsp3) is 0.167. The Hall–Kier alpha value is -2.30. The van der Waals surface area contributed by atoms with Crippen molar-refractivity contribution in [1.82, 2.24) is 5.48 Å². The van der Waals surface area contributed by atoms with Crippen molar-refractivity contribution in [2.24, 2.45) is 5.73 Å². The van der Waals surface area contributed by atoms with E-state index in [2.05, 4.69) is 4.84 Å². The lowest BCUT2D eigenvalue weighted by atomic mass is 10.1. The molecule has 1 aromatic carbocycles. The van der Waals surface area contributed by atoms with E-state index in [1.807, 2.05) is 30.3 Å². The van der Waals surface area contributed by atoms with E-state index in [0.717, 1.165) is 5.56 Å². The fourth-order valence-corrected chi connectivity index (χ4v) is 1.15. The van der Waals surface area contributed by atoms with Crippen molar-refractivity contribution in [3.63, 3.8) is 0 Å². The van der Waals surface area contributed by atoms with Crippen LogP contribution in [0.15, 0.2) is 42.0 Å². The second-order valence-electron chi connectivity index (χ2n) is 3.43. The third-order valence-corrected chi connectivity index (χ3v) is 2.05. The molecular formula is C12H14N2O3. The molecule has 0 aliphatic carbocycles. The van der Waals surface area contributed by atoms with E-state index in [-0.39, 0.29) is 0 Å². The van der Waals surface area contributed by atoms with Crippen molar-refractivity contribution in [2.75, 3.05) is 0 Å². The maximum Gasteiger partial charge on any atom is 0.358 e. The highest BCUT2D eigenvalue weighted by molar-refractivity contribution is 5.88. The summed E-state index contributed by atoms with van der Waals surface area (Å²) in [7, 11) is 0. The number of primary amides is 1. The van der Waals surface area contributed by atoms with Crippen LogP contribution in [0.2, 0.25) is 0 Å². The summed E-state index contributed by atoms with van der Waals surface area (Å²) in [6.45, 7) is 1.61. The van der Waals surface area contributed by atoms with Gasteiger partial charge in [0, 0.05) is 5.57 Å². The zero-order valence-corrected chi connectivity index (χ0v) is 9.47. The molecule has 5 nitrogen and oxygen atoms in total. The Kier molecular flexibility index (Phi) is 4.75. The Bertz CT molecular complexity index is 427. The van der Waals surface area contributed by atoms with Crippen LogP contribution in [0, 0.1) is 0 Å². The first-order valence-corrected chi connectivity index (χ1v) is 5.07. The fourth-order valence-electron chi connectivity index (χ4n) is 1.15. The number of nitrogens with two attached hydrogens (primary N) is 1. The van der Waals surface area contributed by atoms with Gasteiger partial charge in [0.2, 0.25) is 0 Å². The molecule has 17 heavy (non-hydrogen) atoms.